The van der Waals surface area contributed by atoms with Crippen LogP contribution in [0.25, 0.3) is 121 Å². The molecule has 0 amide bonds. The van der Waals surface area contributed by atoms with Gasteiger partial charge in [0, 0.05) is 148 Å². The van der Waals surface area contributed by atoms with E-state index >= 15 is 0 Å². The number of hydrogen-bond donors (Lipinski definition) is 8. The molecular formula is C82H75N9O. The van der Waals surface area contributed by atoms with Gasteiger partial charge in [-0.05, 0) is 141 Å². The first-order chi connectivity index (χ1) is 45.3. The maximum Gasteiger partial charge on any atom is 0.0673 e. The maximum atomic E-state index is 5.31. The lowest BCUT2D eigenvalue weighted by molar-refractivity contribution is 0.0572. The monoisotopic (exact) mass is 1200 g/mol. The number of rotatable bonds is 7. The highest BCUT2D eigenvalue weighted by Crippen LogP contribution is 2.43. The van der Waals surface area contributed by atoms with Crippen molar-refractivity contribution in [1.82, 2.24) is 39.8 Å². The molecule has 2 aliphatic rings. The second-order valence-corrected chi connectivity index (χ2v) is 24.0. The molecule has 0 spiro atoms. The fourth-order valence-electron chi connectivity index (χ4n) is 13.3. The first-order valence-electron chi connectivity index (χ1n) is 31.9. The minimum atomic E-state index is 0.366. The van der Waals surface area contributed by atoms with Crippen LogP contribution in [0.3, 0.4) is 0 Å². The van der Waals surface area contributed by atoms with Gasteiger partial charge in [0.25, 0.3) is 0 Å². The lowest BCUT2D eigenvalue weighted by Gasteiger charge is -2.16. The summed E-state index contributed by atoms with van der Waals surface area (Å²) in [6, 6.07) is 87.4. The van der Waals surface area contributed by atoms with Crippen molar-refractivity contribution in [3.05, 3.63) is 296 Å². The van der Waals surface area contributed by atoms with Crippen LogP contribution in [0.5, 0.6) is 0 Å². The molecule has 0 saturated heterocycles. The number of benzene rings is 10. The predicted molar refractivity (Wildman–Crippen MR) is 388 cm³/mol. The predicted octanol–water partition coefficient (Wildman–Crippen LogP) is 20.5. The van der Waals surface area contributed by atoms with E-state index in [1.54, 1.807) is 0 Å². The number of fused-ring (bicyclic) bond motifs is 14. The Kier molecular flexibility index (Phi) is 16.9. The second kappa shape index (κ2) is 26.6. The summed E-state index contributed by atoms with van der Waals surface area (Å²) in [7, 11) is 4.10. The first-order valence-corrected chi connectivity index (χ1v) is 31.9. The van der Waals surface area contributed by atoms with E-state index in [0.717, 1.165) is 37.4 Å². The van der Waals surface area contributed by atoms with E-state index in [9.17, 15) is 0 Å². The van der Waals surface area contributed by atoms with Crippen LogP contribution in [0, 0.1) is 0 Å². The van der Waals surface area contributed by atoms with Crippen LogP contribution in [-0.4, -0.2) is 73.1 Å². The smallest absolute Gasteiger partial charge is 0.0673 e. The fraction of sp³-hybridized carbons (Fsp3) is 0.122. The summed E-state index contributed by atoms with van der Waals surface area (Å²) in [6.07, 6.45) is 10.7. The Morgan fingerprint density at radius 2 is 0.935 bits per heavy atom. The van der Waals surface area contributed by atoms with Crippen LogP contribution in [0.4, 0.5) is 5.69 Å². The summed E-state index contributed by atoms with van der Waals surface area (Å²) in [5.41, 5.74) is 24.1. The Bertz CT molecular complexity index is 5050. The molecule has 1 aliphatic carbocycles. The Balaban J connectivity index is 0.0000000981. The Labute approximate surface area is 535 Å². The number of ether oxygens (including phenoxy) is 1. The quantitative estimate of drug-likeness (QED) is 0.0808. The van der Waals surface area contributed by atoms with Gasteiger partial charge in [0.15, 0.2) is 0 Å². The minimum absolute atomic E-state index is 0.366. The molecule has 0 bridgehead atoms. The molecule has 0 radical (unpaired) electrons. The summed E-state index contributed by atoms with van der Waals surface area (Å²) >= 11 is 0. The highest BCUT2D eigenvalue weighted by Gasteiger charge is 2.24. The number of nitrogens with zero attached hydrogens (tertiary/aromatic N) is 1. The van der Waals surface area contributed by atoms with Gasteiger partial charge in [-0.3, -0.25) is 0 Å². The number of aromatic nitrogens is 7. The van der Waals surface area contributed by atoms with Gasteiger partial charge >= 0.3 is 0 Å². The van der Waals surface area contributed by atoms with Gasteiger partial charge in [-0.25, -0.2) is 0 Å². The van der Waals surface area contributed by atoms with Crippen LogP contribution in [0.2, 0.25) is 0 Å². The third-order valence-corrected chi connectivity index (χ3v) is 17.6. The standard InChI is InChI=1S/C19H13N.C16H14N2.2C16H12N2.C8H7N.C7H17NO/c1-2-6-14-12(5-1)11-13-9-10-16-15-7-3-4-8-17(15)20-19(16)18(13)14;3*1-3-7-14-11(5-1)9-16(18-14)13-10-17-15-8-4-2-6-12(13)15;1-2-4-8-7(3-1)5-6-9-8;1-5-9-7(2)6-8(3)4/h1-10,20H,11H2;1-8,10,16-18H,9H2;2*1-10,17-18H;1-6,9H;7H,5-6H2,1-4H3. The largest absolute Gasteiger partial charge is 0.378 e. The Hall–Kier alpha value is -11.0. The van der Waals surface area contributed by atoms with Gasteiger partial charge in [-0.1, -0.05) is 182 Å². The number of H-pyrrole nitrogens is 7. The van der Waals surface area contributed by atoms with Crippen molar-refractivity contribution in [2.45, 2.75) is 38.8 Å². The molecule has 2 unspecified atom stereocenters. The van der Waals surface area contributed by atoms with Gasteiger partial charge in [0.2, 0.25) is 0 Å². The second-order valence-electron chi connectivity index (χ2n) is 24.0. The Morgan fingerprint density at radius 1 is 0.424 bits per heavy atom. The summed E-state index contributed by atoms with van der Waals surface area (Å²) in [4.78, 5) is 25.8. The summed E-state index contributed by atoms with van der Waals surface area (Å²) in [6.45, 7) is 5.93. The van der Waals surface area contributed by atoms with Crippen molar-refractivity contribution in [2.75, 3.05) is 32.6 Å². The number of nitrogens with one attached hydrogen (secondary N) is 8. The van der Waals surface area contributed by atoms with Crippen LogP contribution in [-0.2, 0) is 17.6 Å². The highest BCUT2D eigenvalue weighted by atomic mass is 16.5. The zero-order valence-corrected chi connectivity index (χ0v) is 52.3. The van der Waals surface area contributed by atoms with Crippen LogP contribution in [0.1, 0.15) is 42.1 Å². The van der Waals surface area contributed by atoms with Gasteiger partial charge in [-0.2, -0.15) is 0 Å². The zero-order chi connectivity index (χ0) is 62.3. The molecule has 8 heterocycles. The van der Waals surface area contributed by atoms with E-state index in [-0.39, 0.29) is 0 Å². The van der Waals surface area contributed by atoms with Gasteiger partial charge in [0.1, 0.15) is 0 Å². The Morgan fingerprint density at radius 3 is 1.54 bits per heavy atom. The fourth-order valence-corrected chi connectivity index (χ4v) is 13.3. The van der Waals surface area contributed by atoms with Crippen LogP contribution in [0.15, 0.2) is 274 Å². The number of hydrogen-bond acceptors (Lipinski definition) is 3. The molecule has 92 heavy (non-hydrogen) atoms. The third kappa shape index (κ3) is 12.4. The SMILES string of the molecule is CCOC(C)CN(C)C.c1ccc2[nH]c(-c3c[nH]c4ccccc34)cc2c1.c1ccc2[nH]c(-c3c[nH]c4ccccc34)cc2c1.c1ccc2[nH]ccc2c1.c1ccc2c(c1)CC(c1c[nH]c3ccccc13)N2.c1ccc2c(c1)Cc1ccc3c([nH]c4ccccc43)c1-2. The van der Waals surface area contributed by atoms with E-state index in [0.29, 0.717) is 12.1 Å². The molecule has 454 valence electrons. The molecule has 0 saturated carbocycles. The molecule has 0 fully saturated rings. The van der Waals surface area contributed by atoms with Crippen molar-refractivity contribution >= 4 is 92.9 Å². The molecule has 19 rings (SSSR count). The highest BCUT2D eigenvalue weighted by molar-refractivity contribution is 6.13. The summed E-state index contributed by atoms with van der Waals surface area (Å²) in [5.74, 6) is 0. The number of para-hydroxylation sites is 8. The third-order valence-electron chi connectivity index (χ3n) is 17.6. The lowest BCUT2D eigenvalue weighted by atomic mass is 10.0. The average molecular weight is 1200 g/mol. The summed E-state index contributed by atoms with van der Waals surface area (Å²) in [5, 5.41) is 13.9. The summed E-state index contributed by atoms with van der Waals surface area (Å²) < 4.78 is 5.31. The molecule has 1 aliphatic heterocycles. The molecule has 2 atom stereocenters. The van der Waals surface area contributed by atoms with Crippen molar-refractivity contribution in [2.24, 2.45) is 0 Å². The first kappa shape index (κ1) is 58.6. The molecule has 10 nitrogen and oxygen atoms in total. The van der Waals surface area contributed by atoms with Gasteiger partial charge in [-0.15, -0.1) is 0 Å². The van der Waals surface area contributed by atoms with Gasteiger partial charge in [0.05, 0.1) is 17.7 Å². The molecular weight excluding hydrogens is 1130 g/mol. The minimum Gasteiger partial charge on any atom is -0.378 e. The van der Waals surface area contributed by atoms with E-state index in [1.807, 2.05) is 37.4 Å². The molecule has 10 heteroatoms. The molecule has 10 aromatic carbocycles. The zero-order valence-electron chi connectivity index (χ0n) is 52.3. The number of likely N-dealkylation sites (N-methyl/N-ethyl adjacent to an activating group) is 1. The van der Waals surface area contributed by atoms with E-state index in [2.05, 4.69) is 309 Å². The van der Waals surface area contributed by atoms with Crippen LogP contribution < -0.4 is 5.32 Å². The van der Waals surface area contributed by atoms with Crippen molar-refractivity contribution in [3.63, 3.8) is 0 Å². The van der Waals surface area contributed by atoms with E-state index in [4.69, 9.17) is 4.74 Å². The normalized spacial score (nSPS) is 13.1. The topological polar surface area (TPSA) is 135 Å². The molecule has 8 N–H and O–H groups in total. The van der Waals surface area contributed by atoms with Gasteiger partial charge < -0.3 is 49.8 Å². The molecule has 17 aromatic rings. The van der Waals surface area contributed by atoms with E-state index < -0.39 is 0 Å². The average Bonchev–Trinajstić information content (AvgIpc) is 1.61. The van der Waals surface area contributed by atoms with Crippen LogP contribution >= 0.6 is 0 Å². The van der Waals surface area contributed by atoms with E-state index in [1.165, 1.54) is 137 Å². The number of anilines is 1. The number of aromatic amines is 7. The van der Waals surface area contributed by atoms with Crippen molar-refractivity contribution < 1.29 is 4.74 Å². The van der Waals surface area contributed by atoms with Crippen molar-refractivity contribution in [3.8, 4) is 33.6 Å². The van der Waals surface area contributed by atoms with Crippen molar-refractivity contribution in [1.29, 1.82) is 0 Å². The lowest BCUT2D eigenvalue weighted by Crippen LogP contribution is -2.25. The molecule has 7 aromatic heterocycles. The maximum absolute atomic E-state index is 5.31.